The minimum Gasteiger partial charge on any atom is -0.393 e. The molecule has 0 spiro atoms. The Morgan fingerprint density at radius 1 is 1.41 bits per heavy atom. The predicted molar refractivity (Wildman–Crippen MR) is 81.6 cm³/mol. The topological polar surface area (TPSA) is 97.1 Å². The Morgan fingerprint density at radius 2 is 2.14 bits per heavy atom. The van der Waals surface area contributed by atoms with Crippen LogP contribution in [0.15, 0.2) is 23.1 Å². The van der Waals surface area contributed by atoms with E-state index in [9.17, 15) is 13.5 Å². The molecule has 1 heterocycles. The van der Waals surface area contributed by atoms with Gasteiger partial charge in [-0.25, -0.2) is 13.1 Å². The Bertz CT molecular complexity index is 780. The van der Waals surface area contributed by atoms with Gasteiger partial charge in [-0.2, -0.15) is 15.0 Å². The summed E-state index contributed by atoms with van der Waals surface area (Å²) in [5.41, 5.74) is 0.929. The zero-order valence-corrected chi connectivity index (χ0v) is 13.4. The first-order valence-electron chi connectivity index (χ1n) is 7.41. The molecule has 0 amide bonds. The van der Waals surface area contributed by atoms with E-state index in [0.29, 0.717) is 30.3 Å². The summed E-state index contributed by atoms with van der Waals surface area (Å²) in [4.78, 5) is 1.51. The molecule has 0 unspecified atom stereocenters. The van der Waals surface area contributed by atoms with Crippen molar-refractivity contribution in [3.05, 3.63) is 18.2 Å². The van der Waals surface area contributed by atoms with Crippen molar-refractivity contribution in [1.82, 2.24) is 19.7 Å². The number of hydrogen-bond acceptors (Lipinski definition) is 5. The van der Waals surface area contributed by atoms with Crippen LogP contribution in [0.2, 0.25) is 0 Å². The summed E-state index contributed by atoms with van der Waals surface area (Å²) in [6.45, 7) is 1.95. The number of nitrogens with one attached hydrogen (secondary N) is 1. The molecule has 0 bridgehead atoms. The number of aryl methyl sites for hydroxylation is 1. The predicted octanol–water partition coefficient (Wildman–Crippen LogP) is 0.796. The van der Waals surface area contributed by atoms with Gasteiger partial charge in [0.15, 0.2) is 0 Å². The third-order valence-corrected chi connectivity index (χ3v) is 5.75. The number of nitrogens with zero attached hydrogens (tertiary/aromatic N) is 3. The van der Waals surface area contributed by atoms with Crippen LogP contribution in [-0.2, 0) is 17.1 Å². The first kappa shape index (κ1) is 15.4. The zero-order chi connectivity index (χ0) is 15.9. The molecule has 0 aliphatic heterocycles. The molecule has 7 nitrogen and oxygen atoms in total. The van der Waals surface area contributed by atoms with Crippen molar-refractivity contribution in [3.8, 4) is 0 Å². The molecule has 1 aromatic heterocycles. The standard InChI is InChI=1S/C14H20N4O3S/c1-3-11(9-7-10(19)8-9)17-22(20,21)13-6-4-5-12-14(13)16-18(2)15-12/h4-6,9-11,17,19H,3,7-8H2,1-2H3/t9?,10?,11-/m0/s1. The van der Waals surface area contributed by atoms with E-state index in [1.807, 2.05) is 6.92 Å². The number of hydrogen-bond donors (Lipinski definition) is 2. The molecular formula is C14H20N4O3S. The molecular weight excluding hydrogens is 304 g/mol. The largest absolute Gasteiger partial charge is 0.393 e. The molecule has 1 saturated carbocycles. The van der Waals surface area contributed by atoms with Gasteiger partial charge in [0, 0.05) is 13.1 Å². The van der Waals surface area contributed by atoms with Crippen LogP contribution in [0.3, 0.4) is 0 Å². The van der Waals surface area contributed by atoms with Gasteiger partial charge < -0.3 is 5.11 Å². The number of aliphatic hydroxyl groups is 1. The minimum absolute atomic E-state index is 0.149. The van der Waals surface area contributed by atoms with Gasteiger partial charge in [-0.3, -0.25) is 0 Å². The first-order chi connectivity index (χ1) is 10.4. The van der Waals surface area contributed by atoms with Gasteiger partial charge in [-0.05, 0) is 37.3 Å². The Balaban J connectivity index is 1.91. The normalized spacial score (nSPS) is 23.4. The summed E-state index contributed by atoms with van der Waals surface area (Å²) in [5.74, 6) is 0.191. The Kier molecular flexibility index (Phi) is 3.92. The Labute approximate surface area is 129 Å². The van der Waals surface area contributed by atoms with E-state index in [0.717, 1.165) is 0 Å². The van der Waals surface area contributed by atoms with E-state index in [2.05, 4.69) is 14.9 Å². The fourth-order valence-electron chi connectivity index (χ4n) is 2.97. The van der Waals surface area contributed by atoms with Crippen molar-refractivity contribution in [1.29, 1.82) is 0 Å². The second kappa shape index (κ2) is 5.60. The summed E-state index contributed by atoms with van der Waals surface area (Å²) >= 11 is 0. The fraction of sp³-hybridized carbons (Fsp3) is 0.571. The third kappa shape index (κ3) is 2.73. The molecule has 0 radical (unpaired) electrons. The number of fused-ring (bicyclic) bond motifs is 1. The maximum absolute atomic E-state index is 12.7. The van der Waals surface area contributed by atoms with E-state index in [4.69, 9.17) is 0 Å². The first-order valence-corrected chi connectivity index (χ1v) is 8.89. The van der Waals surface area contributed by atoms with Crippen LogP contribution in [0, 0.1) is 5.92 Å². The molecule has 2 aromatic rings. The van der Waals surface area contributed by atoms with E-state index in [-0.39, 0.29) is 23.0 Å². The van der Waals surface area contributed by atoms with E-state index in [1.165, 1.54) is 4.80 Å². The maximum atomic E-state index is 12.7. The Morgan fingerprint density at radius 3 is 2.77 bits per heavy atom. The van der Waals surface area contributed by atoms with Crippen LogP contribution < -0.4 is 4.72 Å². The molecule has 1 aliphatic rings. The highest BCUT2D eigenvalue weighted by Crippen LogP contribution is 2.32. The highest BCUT2D eigenvalue weighted by Gasteiger charge is 2.35. The summed E-state index contributed by atoms with van der Waals surface area (Å²) in [6.07, 6.45) is 1.69. The van der Waals surface area contributed by atoms with Crippen molar-refractivity contribution in [2.24, 2.45) is 13.0 Å². The monoisotopic (exact) mass is 324 g/mol. The molecule has 1 atom stereocenters. The average Bonchev–Trinajstić information content (AvgIpc) is 2.81. The molecule has 1 fully saturated rings. The number of aliphatic hydroxyl groups excluding tert-OH is 1. The molecule has 3 rings (SSSR count). The van der Waals surface area contributed by atoms with Crippen LogP contribution in [0.4, 0.5) is 0 Å². The quantitative estimate of drug-likeness (QED) is 0.848. The molecule has 120 valence electrons. The lowest BCUT2D eigenvalue weighted by molar-refractivity contribution is 0.0277. The van der Waals surface area contributed by atoms with Crippen LogP contribution >= 0.6 is 0 Å². The molecule has 1 aliphatic carbocycles. The fourth-order valence-corrected chi connectivity index (χ4v) is 4.51. The molecule has 0 saturated heterocycles. The van der Waals surface area contributed by atoms with Gasteiger partial charge in [0.2, 0.25) is 10.0 Å². The summed E-state index contributed by atoms with van der Waals surface area (Å²) in [5, 5.41) is 17.7. The van der Waals surface area contributed by atoms with E-state index >= 15 is 0 Å². The van der Waals surface area contributed by atoms with Gasteiger partial charge >= 0.3 is 0 Å². The van der Waals surface area contributed by atoms with Crippen molar-refractivity contribution in [2.45, 2.75) is 43.2 Å². The Hall–Kier alpha value is -1.51. The van der Waals surface area contributed by atoms with Gasteiger partial charge in [0.1, 0.15) is 15.9 Å². The maximum Gasteiger partial charge on any atom is 0.243 e. The summed E-state index contributed by atoms with van der Waals surface area (Å²) in [6, 6.07) is 4.78. The molecule has 2 N–H and O–H groups in total. The number of benzene rings is 1. The van der Waals surface area contributed by atoms with Crippen LogP contribution in [0.25, 0.3) is 11.0 Å². The average molecular weight is 324 g/mol. The van der Waals surface area contributed by atoms with Crippen molar-refractivity contribution < 1.29 is 13.5 Å². The lowest BCUT2D eigenvalue weighted by Crippen LogP contribution is -2.46. The molecule has 8 heteroatoms. The number of sulfonamides is 1. The van der Waals surface area contributed by atoms with Gasteiger partial charge in [-0.15, -0.1) is 0 Å². The highest BCUT2D eigenvalue weighted by atomic mass is 32.2. The lowest BCUT2D eigenvalue weighted by atomic mass is 9.77. The van der Waals surface area contributed by atoms with Gasteiger partial charge in [-0.1, -0.05) is 13.0 Å². The van der Waals surface area contributed by atoms with Crippen LogP contribution in [0.5, 0.6) is 0 Å². The summed E-state index contributed by atoms with van der Waals surface area (Å²) < 4.78 is 28.2. The zero-order valence-electron chi connectivity index (χ0n) is 12.6. The van der Waals surface area contributed by atoms with E-state index in [1.54, 1.807) is 25.2 Å². The second-order valence-electron chi connectivity index (χ2n) is 5.83. The van der Waals surface area contributed by atoms with Gasteiger partial charge in [0.25, 0.3) is 0 Å². The number of aromatic nitrogens is 3. The second-order valence-corrected chi connectivity index (χ2v) is 7.52. The minimum atomic E-state index is -3.67. The summed E-state index contributed by atoms with van der Waals surface area (Å²) in [7, 11) is -2.01. The van der Waals surface area contributed by atoms with Crippen LogP contribution in [-0.4, -0.2) is 40.7 Å². The van der Waals surface area contributed by atoms with Crippen molar-refractivity contribution in [2.75, 3.05) is 0 Å². The molecule has 22 heavy (non-hydrogen) atoms. The lowest BCUT2D eigenvalue weighted by Gasteiger charge is -2.37. The SMILES string of the molecule is CC[C@H](NS(=O)(=O)c1cccc2nn(C)nc12)C1CC(O)C1. The third-order valence-electron chi connectivity index (χ3n) is 4.23. The van der Waals surface area contributed by atoms with Crippen molar-refractivity contribution >= 4 is 21.1 Å². The van der Waals surface area contributed by atoms with Gasteiger partial charge in [0.05, 0.1) is 6.10 Å². The molecule has 1 aromatic carbocycles. The van der Waals surface area contributed by atoms with E-state index < -0.39 is 10.0 Å². The van der Waals surface area contributed by atoms with Crippen molar-refractivity contribution in [3.63, 3.8) is 0 Å². The smallest absolute Gasteiger partial charge is 0.243 e. The van der Waals surface area contributed by atoms with Crippen LogP contribution in [0.1, 0.15) is 26.2 Å². The number of rotatable bonds is 5. The highest BCUT2D eigenvalue weighted by molar-refractivity contribution is 7.89.